The first-order chi connectivity index (χ1) is 14.7. The molecular weight excluding hydrogens is 388 g/mol. The third kappa shape index (κ3) is 4.49. The summed E-state index contributed by atoms with van der Waals surface area (Å²) in [5.41, 5.74) is 10.6. The van der Waals surface area contributed by atoms with Gasteiger partial charge in [0, 0.05) is 8.80 Å². The molecule has 0 heterocycles. The van der Waals surface area contributed by atoms with Crippen LogP contribution in [0.3, 0.4) is 0 Å². The maximum absolute atomic E-state index is 2.63. The minimum atomic E-state index is -0.845. The Morgan fingerprint density at radius 3 is 2.19 bits per heavy atom. The minimum absolute atomic E-state index is 0.201. The molecule has 0 saturated heterocycles. The molecule has 0 amide bonds. The second kappa shape index (κ2) is 8.74. The van der Waals surface area contributed by atoms with Crippen LogP contribution in [0.1, 0.15) is 94.9 Å². The summed E-state index contributed by atoms with van der Waals surface area (Å²) < 4.78 is 0. The van der Waals surface area contributed by atoms with E-state index in [9.17, 15) is 0 Å². The lowest BCUT2D eigenvalue weighted by Gasteiger charge is -2.38. The van der Waals surface area contributed by atoms with Crippen molar-refractivity contribution in [1.29, 1.82) is 0 Å². The number of rotatable bonds is 5. The molecule has 166 valence electrons. The summed E-state index contributed by atoms with van der Waals surface area (Å²) in [6.07, 6.45) is 12.5. The Labute approximate surface area is 192 Å². The molecule has 0 nitrogen and oxygen atoms in total. The zero-order valence-electron chi connectivity index (χ0n) is 20.7. The maximum Gasteiger partial charge on any atom is 0.0439 e. The van der Waals surface area contributed by atoms with E-state index in [0.29, 0.717) is 11.0 Å². The second-order valence-electron chi connectivity index (χ2n) is 11.7. The van der Waals surface area contributed by atoms with Crippen molar-refractivity contribution in [2.45, 2.75) is 96.7 Å². The van der Waals surface area contributed by atoms with Crippen molar-refractivity contribution >= 4 is 14.9 Å². The Morgan fingerprint density at radius 1 is 0.935 bits per heavy atom. The van der Waals surface area contributed by atoms with Gasteiger partial charge < -0.3 is 0 Å². The van der Waals surface area contributed by atoms with Crippen molar-refractivity contribution in [3.05, 3.63) is 64.7 Å². The van der Waals surface area contributed by atoms with E-state index in [2.05, 4.69) is 89.3 Å². The molecule has 2 aliphatic carbocycles. The molecule has 2 aliphatic rings. The summed E-state index contributed by atoms with van der Waals surface area (Å²) in [6, 6.07) is 16.4. The SMILES string of the molecule is CCC1(CC2=Cc3c(-c4ccc(C(C)(C)C)cc4)cccc3C2[SiH](C)C)CCCCC1. The fourth-order valence-electron chi connectivity index (χ4n) is 6.23. The molecule has 0 aliphatic heterocycles. The average molecular weight is 431 g/mol. The van der Waals surface area contributed by atoms with Crippen LogP contribution >= 0.6 is 0 Å². The lowest BCUT2D eigenvalue weighted by atomic mass is 9.68. The van der Waals surface area contributed by atoms with E-state index in [-0.39, 0.29) is 5.41 Å². The predicted octanol–water partition coefficient (Wildman–Crippen LogP) is 8.91. The van der Waals surface area contributed by atoms with Gasteiger partial charge in [-0.2, -0.15) is 0 Å². The van der Waals surface area contributed by atoms with Gasteiger partial charge in [0.2, 0.25) is 0 Å². The molecule has 1 atom stereocenters. The first kappa shape index (κ1) is 22.6. The molecule has 0 radical (unpaired) electrons. The number of hydrogen-bond acceptors (Lipinski definition) is 0. The maximum atomic E-state index is 2.63. The second-order valence-corrected chi connectivity index (χ2v) is 14.8. The van der Waals surface area contributed by atoms with Crippen LogP contribution in [0, 0.1) is 5.41 Å². The third-order valence-corrected chi connectivity index (χ3v) is 10.3. The van der Waals surface area contributed by atoms with Crippen molar-refractivity contribution < 1.29 is 0 Å². The highest BCUT2D eigenvalue weighted by molar-refractivity contribution is 6.58. The Balaban J connectivity index is 1.73. The molecule has 0 spiro atoms. The van der Waals surface area contributed by atoms with E-state index in [1.807, 2.05) is 0 Å². The Bertz CT molecular complexity index is 933. The molecule has 1 saturated carbocycles. The molecule has 0 bridgehead atoms. The van der Waals surface area contributed by atoms with E-state index in [0.717, 1.165) is 0 Å². The van der Waals surface area contributed by atoms with E-state index in [1.165, 1.54) is 67.2 Å². The highest BCUT2D eigenvalue weighted by Gasteiger charge is 2.37. The van der Waals surface area contributed by atoms with Gasteiger partial charge in [-0.05, 0) is 63.5 Å². The summed E-state index contributed by atoms with van der Waals surface area (Å²) in [4.78, 5) is 0. The van der Waals surface area contributed by atoms with Gasteiger partial charge in [0.1, 0.15) is 0 Å². The molecular formula is C30H42Si. The molecule has 0 aromatic heterocycles. The Morgan fingerprint density at radius 2 is 1.61 bits per heavy atom. The fourth-order valence-corrected chi connectivity index (χ4v) is 8.31. The number of fused-ring (bicyclic) bond motifs is 1. The normalized spacial score (nSPS) is 20.6. The van der Waals surface area contributed by atoms with Crippen LogP contribution in [-0.4, -0.2) is 8.80 Å². The molecule has 2 aromatic carbocycles. The van der Waals surface area contributed by atoms with E-state index in [1.54, 1.807) is 11.1 Å². The summed E-state index contributed by atoms with van der Waals surface area (Å²) in [5, 5.41) is 0. The van der Waals surface area contributed by atoms with Crippen LogP contribution in [0.4, 0.5) is 0 Å². The molecule has 1 fully saturated rings. The largest absolute Gasteiger partial charge is 0.0714 e. The summed E-state index contributed by atoms with van der Waals surface area (Å²) >= 11 is 0. The minimum Gasteiger partial charge on any atom is -0.0714 e. The van der Waals surface area contributed by atoms with Gasteiger partial charge in [0.15, 0.2) is 0 Å². The van der Waals surface area contributed by atoms with Crippen molar-refractivity contribution in [2.24, 2.45) is 5.41 Å². The predicted molar refractivity (Wildman–Crippen MR) is 141 cm³/mol. The number of allylic oxidation sites excluding steroid dienone is 1. The zero-order valence-corrected chi connectivity index (χ0v) is 21.9. The van der Waals surface area contributed by atoms with Crippen molar-refractivity contribution in [3.8, 4) is 11.1 Å². The van der Waals surface area contributed by atoms with Crippen molar-refractivity contribution in [3.63, 3.8) is 0 Å². The van der Waals surface area contributed by atoms with Crippen LogP contribution in [-0.2, 0) is 5.41 Å². The van der Waals surface area contributed by atoms with Gasteiger partial charge in [-0.25, -0.2) is 0 Å². The summed E-state index contributed by atoms with van der Waals surface area (Å²) in [5.74, 6) is 0. The van der Waals surface area contributed by atoms with Crippen LogP contribution in [0.25, 0.3) is 17.2 Å². The highest BCUT2D eigenvalue weighted by atomic mass is 28.3. The van der Waals surface area contributed by atoms with Crippen LogP contribution in [0.2, 0.25) is 13.1 Å². The molecule has 31 heavy (non-hydrogen) atoms. The molecule has 2 aromatic rings. The van der Waals surface area contributed by atoms with Crippen molar-refractivity contribution in [2.75, 3.05) is 0 Å². The third-order valence-electron chi connectivity index (χ3n) is 8.18. The van der Waals surface area contributed by atoms with E-state index < -0.39 is 8.80 Å². The van der Waals surface area contributed by atoms with Crippen molar-refractivity contribution in [1.82, 2.24) is 0 Å². The van der Waals surface area contributed by atoms with Gasteiger partial charge in [-0.15, -0.1) is 0 Å². The summed E-state index contributed by atoms with van der Waals surface area (Å²) in [6.45, 7) is 14.4. The van der Waals surface area contributed by atoms with Crippen LogP contribution in [0.15, 0.2) is 48.0 Å². The van der Waals surface area contributed by atoms with Gasteiger partial charge in [0.05, 0.1) is 0 Å². The van der Waals surface area contributed by atoms with Gasteiger partial charge in [-0.1, -0.05) is 121 Å². The summed E-state index contributed by atoms with van der Waals surface area (Å²) in [7, 11) is -0.845. The quantitative estimate of drug-likeness (QED) is 0.415. The van der Waals surface area contributed by atoms with E-state index in [4.69, 9.17) is 0 Å². The molecule has 1 heteroatoms. The topological polar surface area (TPSA) is 0 Å². The number of benzene rings is 2. The Kier molecular flexibility index (Phi) is 6.36. The van der Waals surface area contributed by atoms with E-state index >= 15 is 0 Å². The lowest BCUT2D eigenvalue weighted by molar-refractivity contribution is 0.178. The van der Waals surface area contributed by atoms with Gasteiger partial charge in [0.25, 0.3) is 0 Å². The standard InChI is InChI=1S/C30H42Si/c1-7-30(18-9-8-10-19-30)21-23-20-27-25(12-11-13-26(27)28(23)31(5)6)22-14-16-24(17-15-22)29(2,3)4/h11-17,20,28,31H,7-10,18-19,21H2,1-6H3. The molecule has 1 unspecified atom stereocenters. The number of hydrogen-bond donors (Lipinski definition) is 0. The molecule has 4 rings (SSSR count). The first-order valence-corrected chi connectivity index (χ1v) is 15.7. The van der Waals surface area contributed by atoms with Crippen LogP contribution < -0.4 is 0 Å². The van der Waals surface area contributed by atoms with Crippen LogP contribution in [0.5, 0.6) is 0 Å². The average Bonchev–Trinajstić information content (AvgIpc) is 3.11. The molecule has 0 N–H and O–H groups in total. The monoisotopic (exact) mass is 430 g/mol. The van der Waals surface area contributed by atoms with Gasteiger partial charge >= 0.3 is 0 Å². The first-order valence-electron chi connectivity index (χ1n) is 12.7. The smallest absolute Gasteiger partial charge is 0.0439 e. The highest BCUT2D eigenvalue weighted by Crippen LogP contribution is 2.51. The van der Waals surface area contributed by atoms with Gasteiger partial charge in [-0.3, -0.25) is 0 Å². The lowest BCUT2D eigenvalue weighted by Crippen LogP contribution is -2.26. The Hall–Kier alpha value is -1.60. The fraction of sp³-hybridized carbons (Fsp3) is 0.533. The zero-order chi connectivity index (χ0) is 22.2.